The number of benzene rings is 2. The third kappa shape index (κ3) is 6.81. The summed E-state index contributed by atoms with van der Waals surface area (Å²) in [5.41, 5.74) is 1.05. The van der Waals surface area contributed by atoms with E-state index in [1.165, 1.54) is 25.3 Å². The van der Waals surface area contributed by atoms with E-state index in [-0.39, 0.29) is 35.6 Å². The molecule has 2 aromatic rings. The summed E-state index contributed by atoms with van der Waals surface area (Å²) < 4.78 is 39.6. The number of rotatable bonds is 11. The molecule has 0 radical (unpaired) electrons. The highest BCUT2D eigenvalue weighted by Gasteiger charge is 2.19. The number of ether oxygens (including phenoxy) is 3. The minimum Gasteiger partial charge on any atom is -0.496 e. The lowest BCUT2D eigenvalue weighted by Crippen LogP contribution is -2.40. The van der Waals surface area contributed by atoms with E-state index in [9.17, 15) is 18.4 Å². The summed E-state index contributed by atoms with van der Waals surface area (Å²) in [6.45, 7) is -2.98. The number of hydrogen-bond donors (Lipinski definition) is 2. The Morgan fingerprint density at radius 1 is 0.969 bits per heavy atom. The van der Waals surface area contributed by atoms with E-state index in [4.69, 9.17) is 9.47 Å². The van der Waals surface area contributed by atoms with Crippen LogP contribution in [0.3, 0.4) is 0 Å². The van der Waals surface area contributed by atoms with Gasteiger partial charge >= 0.3 is 6.61 Å². The zero-order valence-corrected chi connectivity index (χ0v) is 18.4. The molecule has 0 saturated carbocycles. The van der Waals surface area contributed by atoms with Crippen LogP contribution >= 0.6 is 0 Å². The van der Waals surface area contributed by atoms with Crippen molar-refractivity contribution in [2.45, 2.75) is 12.7 Å². The lowest BCUT2D eigenvalue weighted by Gasteiger charge is -2.26. The summed E-state index contributed by atoms with van der Waals surface area (Å²) in [5, 5.41) is 5.29. The first-order valence-electron chi connectivity index (χ1n) is 9.73. The van der Waals surface area contributed by atoms with Gasteiger partial charge in [-0.3, -0.25) is 9.59 Å². The lowest BCUT2D eigenvalue weighted by molar-refractivity contribution is -0.120. The maximum atomic E-state index is 12.4. The number of alkyl halides is 2. The number of carbonyl (C=O) groups excluding carboxylic acids is 2. The average molecular weight is 451 g/mol. The largest absolute Gasteiger partial charge is 0.496 e. The van der Waals surface area contributed by atoms with Crippen LogP contribution in [0, 0.1) is 0 Å². The van der Waals surface area contributed by atoms with Crippen molar-refractivity contribution in [3.63, 3.8) is 0 Å². The highest BCUT2D eigenvalue weighted by atomic mass is 19.3. The van der Waals surface area contributed by atoms with Gasteiger partial charge in [0.1, 0.15) is 5.75 Å². The molecule has 2 N–H and O–H groups in total. The molecule has 0 fully saturated rings. The number of amides is 2. The molecule has 0 aromatic heterocycles. The number of nitrogens with one attached hydrogen (secondary N) is 2. The Balaban J connectivity index is 1.95. The number of halogens is 2. The Kier molecular flexibility index (Phi) is 9.21. The summed E-state index contributed by atoms with van der Waals surface area (Å²) in [5.74, 6) is -0.446. The molecular formula is C22H27F2N3O5. The van der Waals surface area contributed by atoms with E-state index >= 15 is 0 Å². The molecule has 10 heteroatoms. The van der Waals surface area contributed by atoms with Crippen LogP contribution in [-0.4, -0.2) is 64.7 Å². The standard InChI is InChI=1S/C22H27F2N3O5/c1-27(2)16(15-7-5-6-8-17(15)30-3)12-25-20(28)13-26-21(29)14-9-10-18(32-22(23)24)19(11-14)31-4/h5-11,16,22H,12-13H2,1-4H3,(H,25,28)(H,26,29). The van der Waals surface area contributed by atoms with E-state index in [0.29, 0.717) is 12.3 Å². The van der Waals surface area contributed by atoms with Crippen LogP contribution in [0.5, 0.6) is 17.2 Å². The lowest BCUT2D eigenvalue weighted by atomic mass is 10.0. The van der Waals surface area contributed by atoms with E-state index in [2.05, 4.69) is 15.4 Å². The van der Waals surface area contributed by atoms with Crippen LogP contribution in [0.2, 0.25) is 0 Å². The molecule has 1 atom stereocenters. The van der Waals surface area contributed by atoms with Crippen LogP contribution in [0.25, 0.3) is 0 Å². The van der Waals surface area contributed by atoms with Gasteiger partial charge in [0.05, 0.1) is 26.8 Å². The minimum absolute atomic E-state index is 0.0203. The zero-order valence-electron chi connectivity index (χ0n) is 18.4. The first-order chi connectivity index (χ1) is 15.3. The Morgan fingerprint density at radius 2 is 1.66 bits per heavy atom. The van der Waals surface area contributed by atoms with Crippen molar-refractivity contribution in [2.75, 3.05) is 41.4 Å². The number of nitrogens with zero attached hydrogens (tertiary/aromatic N) is 1. The smallest absolute Gasteiger partial charge is 0.387 e. The molecule has 0 aliphatic carbocycles. The van der Waals surface area contributed by atoms with Gasteiger partial charge in [0.25, 0.3) is 5.91 Å². The van der Waals surface area contributed by atoms with Gasteiger partial charge in [-0.15, -0.1) is 0 Å². The van der Waals surface area contributed by atoms with Crippen LogP contribution < -0.4 is 24.8 Å². The molecule has 32 heavy (non-hydrogen) atoms. The summed E-state index contributed by atoms with van der Waals surface area (Å²) in [7, 11) is 6.63. The Bertz CT molecular complexity index is 924. The SMILES string of the molecule is COc1cc(C(=O)NCC(=O)NCC(c2ccccc2OC)N(C)C)ccc1OC(F)F. The predicted molar refractivity (Wildman–Crippen MR) is 114 cm³/mol. The van der Waals surface area contributed by atoms with Crippen molar-refractivity contribution >= 4 is 11.8 Å². The fraction of sp³-hybridized carbons (Fsp3) is 0.364. The van der Waals surface area contributed by atoms with Crippen LogP contribution in [0.1, 0.15) is 22.0 Å². The Morgan fingerprint density at radius 3 is 2.28 bits per heavy atom. The number of hydrogen-bond acceptors (Lipinski definition) is 6. The monoisotopic (exact) mass is 451 g/mol. The Labute approximate surface area is 185 Å². The highest BCUT2D eigenvalue weighted by molar-refractivity contribution is 5.97. The van der Waals surface area contributed by atoms with E-state index < -0.39 is 12.5 Å². The molecule has 2 rings (SSSR count). The third-order valence-corrected chi connectivity index (χ3v) is 4.67. The maximum absolute atomic E-state index is 12.4. The summed E-state index contributed by atoms with van der Waals surface area (Å²) in [6, 6.07) is 11.1. The maximum Gasteiger partial charge on any atom is 0.387 e. The molecule has 0 aliphatic rings. The molecule has 0 saturated heterocycles. The highest BCUT2D eigenvalue weighted by Crippen LogP contribution is 2.29. The summed E-state index contributed by atoms with van der Waals surface area (Å²) in [4.78, 5) is 26.6. The van der Waals surface area contributed by atoms with Crippen molar-refractivity contribution in [2.24, 2.45) is 0 Å². The van der Waals surface area contributed by atoms with Crippen LogP contribution in [0.15, 0.2) is 42.5 Å². The average Bonchev–Trinajstić information content (AvgIpc) is 2.77. The van der Waals surface area contributed by atoms with E-state index in [1.807, 2.05) is 43.3 Å². The van der Waals surface area contributed by atoms with Crippen molar-refractivity contribution in [1.82, 2.24) is 15.5 Å². The second-order valence-electron chi connectivity index (χ2n) is 6.95. The van der Waals surface area contributed by atoms with Gasteiger partial charge in [0, 0.05) is 17.7 Å². The number of likely N-dealkylation sites (N-methyl/N-ethyl adjacent to an activating group) is 1. The van der Waals surface area contributed by atoms with Gasteiger partial charge in [0.15, 0.2) is 11.5 Å². The molecule has 0 heterocycles. The summed E-state index contributed by atoms with van der Waals surface area (Å²) >= 11 is 0. The Hall–Kier alpha value is -3.40. The molecule has 0 spiro atoms. The van der Waals surface area contributed by atoms with Crippen molar-refractivity contribution in [3.8, 4) is 17.2 Å². The van der Waals surface area contributed by atoms with Crippen molar-refractivity contribution in [3.05, 3.63) is 53.6 Å². The van der Waals surface area contributed by atoms with Crippen LogP contribution in [0.4, 0.5) is 8.78 Å². The van der Waals surface area contributed by atoms with Gasteiger partial charge in [-0.25, -0.2) is 0 Å². The van der Waals surface area contributed by atoms with Gasteiger partial charge in [-0.05, 0) is 38.4 Å². The first kappa shape index (κ1) is 24.9. The third-order valence-electron chi connectivity index (χ3n) is 4.67. The molecular weight excluding hydrogens is 424 g/mol. The fourth-order valence-corrected chi connectivity index (χ4v) is 3.05. The van der Waals surface area contributed by atoms with Crippen molar-refractivity contribution in [1.29, 1.82) is 0 Å². The fourth-order valence-electron chi connectivity index (χ4n) is 3.05. The molecule has 2 aromatic carbocycles. The number of para-hydroxylation sites is 1. The molecule has 174 valence electrons. The number of carbonyl (C=O) groups is 2. The second-order valence-corrected chi connectivity index (χ2v) is 6.95. The second kappa shape index (κ2) is 11.8. The molecule has 2 amide bonds. The molecule has 0 bridgehead atoms. The van der Waals surface area contributed by atoms with Crippen molar-refractivity contribution < 1.29 is 32.6 Å². The first-order valence-corrected chi connectivity index (χ1v) is 9.73. The van der Waals surface area contributed by atoms with Gasteiger partial charge < -0.3 is 29.7 Å². The van der Waals surface area contributed by atoms with E-state index in [1.54, 1.807) is 7.11 Å². The topological polar surface area (TPSA) is 89.1 Å². The molecule has 8 nitrogen and oxygen atoms in total. The molecule has 1 unspecified atom stereocenters. The quantitative estimate of drug-likeness (QED) is 0.546. The van der Waals surface area contributed by atoms with Gasteiger partial charge in [-0.1, -0.05) is 18.2 Å². The van der Waals surface area contributed by atoms with Gasteiger partial charge in [-0.2, -0.15) is 8.78 Å². The normalized spacial score (nSPS) is 11.8. The molecule has 0 aliphatic heterocycles. The van der Waals surface area contributed by atoms with E-state index in [0.717, 1.165) is 5.56 Å². The summed E-state index contributed by atoms with van der Waals surface area (Å²) in [6.07, 6.45) is 0. The zero-order chi connectivity index (χ0) is 23.7. The predicted octanol–water partition coefficient (Wildman–Crippen LogP) is 2.45. The van der Waals surface area contributed by atoms with Gasteiger partial charge in [0.2, 0.25) is 5.91 Å². The minimum atomic E-state index is -3.02. The van der Waals surface area contributed by atoms with Crippen LogP contribution in [-0.2, 0) is 4.79 Å². The number of methoxy groups -OCH3 is 2.